The third-order valence-corrected chi connectivity index (χ3v) is 4.27. The fourth-order valence-electron chi connectivity index (χ4n) is 2.86. The van der Waals surface area contributed by atoms with Crippen LogP contribution in [0.1, 0.15) is 43.6 Å². The average Bonchev–Trinajstić information content (AvgIpc) is 2.72. The summed E-state index contributed by atoms with van der Waals surface area (Å²) in [6, 6.07) is 3.70. The number of carbonyl (C=O) groups excluding carboxylic acids is 1. The Morgan fingerprint density at radius 3 is 2.90 bits per heavy atom. The van der Waals surface area contributed by atoms with Crippen molar-refractivity contribution in [1.82, 2.24) is 9.88 Å². The van der Waals surface area contributed by atoms with Crippen molar-refractivity contribution >= 4 is 11.6 Å². The molecule has 20 heavy (non-hydrogen) atoms. The number of nitrogens with one attached hydrogen (secondary N) is 1. The van der Waals surface area contributed by atoms with Crippen molar-refractivity contribution in [3.8, 4) is 0 Å². The summed E-state index contributed by atoms with van der Waals surface area (Å²) in [6.45, 7) is 6.26. The van der Waals surface area contributed by atoms with Crippen LogP contribution in [-0.2, 0) is 0 Å². The molecule has 1 aliphatic rings. The van der Waals surface area contributed by atoms with Crippen molar-refractivity contribution < 1.29 is 4.79 Å². The Labute approximate surface area is 121 Å². The molecule has 1 N–H and O–H groups in total. The van der Waals surface area contributed by atoms with E-state index in [1.54, 1.807) is 6.20 Å². The standard InChI is InChI=1S/C16H25N3O/c1-12(2)13-5-4-9-19(10-7-13)16(20)15-11-14(17-3)6-8-18-15/h6,8,11-13H,4-5,7,9-10H2,1-3H3,(H,17,18). The highest BCUT2D eigenvalue weighted by Crippen LogP contribution is 2.25. The summed E-state index contributed by atoms with van der Waals surface area (Å²) in [5.74, 6) is 1.51. The summed E-state index contributed by atoms with van der Waals surface area (Å²) >= 11 is 0. The minimum atomic E-state index is 0.0616. The number of pyridine rings is 1. The number of rotatable bonds is 3. The number of carbonyl (C=O) groups is 1. The van der Waals surface area contributed by atoms with Crippen LogP contribution in [0.25, 0.3) is 0 Å². The maximum atomic E-state index is 12.5. The summed E-state index contributed by atoms with van der Waals surface area (Å²) in [5, 5.41) is 3.05. The number of hydrogen-bond acceptors (Lipinski definition) is 3. The lowest BCUT2D eigenvalue weighted by molar-refractivity contribution is 0.0753. The molecule has 1 aliphatic heterocycles. The van der Waals surface area contributed by atoms with E-state index in [-0.39, 0.29) is 5.91 Å². The Kier molecular flexibility index (Phi) is 4.99. The Hall–Kier alpha value is -1.58. The van der Waals surface area contributed by atoms with Crippen LogP contribution >= 0.6 is 0 Å². The van der Waals surface area contributed by atoms with Crippen molar-refractivity contribution in [3.63, 3.8) is 0 Å². The second-order valence-electron chi connectivity index (χ2n) is 5.91. The van der Waals surface area contributed by atoms with Crippen LogP contribution in [0.4, 0.5) is 5.69 Å². The SMILES string of the molecule is CNc1ccnc(C(=O)N2CCCC(C(C)C)CC2)c1. The van der Waals surface area contributed by atoms with Gasteiger partial charge in [0.25, 0.3) is 5.91 Å². The van der Waals surface area contributed by atoms with E-state index in [0.29, 0.717) is 11.6 Å². The third kappa shape index (κ3) is 3.50. The summed E-state index contributed by atoms with van der Waals surface area (Å²) in [5.41, 5.74) is 1.47. The lowest BCUT2D eigenvalue weighted by Crippen LogP contribution is -2.32. The molecule has 2 rings (SSSR count). The van der Waals surface area contributed by atoms with Gasteiger partial charge in [-0.1, -0.05) is 13.8 Å². The predicted molar refractivity (Wildman–Crippen MR) is 81.9 cm³/mol. The lowest BCUT2D eigenvalue weighted by Gasteiger charge is -2.21. The first kappa shape index (κ1) is 14.8. The van der Waals surface area contributed by atoms with Crippen molar-refractivity contribution in [3.05, 3.63) is 24.0 Å². The van der Waals surface area contributed by atoms with Crippen LogP contribution in [0.3, 0.4) is 0 Å². The van der Waals surface area contributed by atoms with Gasteiger partial charge in [0, 0.05) is 32.0 Å². The molecular weight excluding hydrogens is 250 g/mol. The van der Waals surface area contributed by atoms with E-state index in [4.69, 9.17) is 0 Å². The largest absolute Gasteiger partial charge is 0.388 e. The van der Waals surface area contributed by atoms with Crippen LogP contribution in [0.15, 0.2) is 18.3 Å². The van der Waals surface area contributed by atoms with Gasteiger partial charge >= 0.3 is 0 Å². The molecule has 0 aliphatic carbocycles. The van der Waals surface area contributed by atoms with Crippen molar-refractivity contribution in [1.29, 1.82) is 0 Å². The normalized spacial score (nSPS) is 19.8. The van der Waals surface area contributed by atoms with Crippen LogP contribution in [0.5, 0.6) is 0 Å². The molecule has 4 nitrogen and oxygen atoms in total. The molecule has 1 atom stereocenters. The number of likely N-dealkylation sites (tertiary alicyclic amines) is 1. The Bertz CT molecular complexity index is 459. The Morgan fingerprint density at radius 2 is 2.20 bits per heavy atom. The van der Waals surface area contributed by atoms with Gasteiger partial charge in [0.15, 0.2) is 0 Å². The number of nitrogens with zero attached hydrogens (tertiary/aromatic N) is 2. The van der Waals surface area contributed by atoms with Gasteiger partial charge in [-0.25, -0.2) is 0 Å². The van der Waals surface area contributed by atoms with E-state index in [0.717, 1.165) is 37.5 Å². The van der Waals surface area contributed by atoms with Gasteiger partial charge in [0.05, 0.1) is 0 Å². The fraction of sp³-hybridized carbons (Fsp3) is 0.625. The summed E-state index contributed by atoms with van der Waals surface area (Å²) in [6.07, 6.45) is 5.12. The Morgan fingerprint density at radius 1 is 1.40 bits per heavy atom. The van der Waals surface area contributed by atoms with E-state index >= 15 is 0 Å². The van der Waals surface area contributed by atoms with Gasteiger partial charge in [-0.2, -0.15) is 0 Å². The van der Waals surface area contributed by atoms with Crippen molar-refractivity contribution in [2.75, 3.05) is 25.5 Å². The monoisotopic (exact) mass is 275 g/mol. The highest BCUT2D eigenvalue weighted by atomic mass is 16.2. The molecule has 0 saturated carbocycles. The highest BCUT2D eigenvalue weighted by Gasteiger charge is 2.23. The molecule has 2 heterocycles. The average molecular weight is 275 g/mol. The van der Waals surface area contributed by atoms with E-state index in [1.165, 1.54) is 6.42 Å². The minimum Gasteiger partial charge on any atom is -0.388 e. The number of amides is 1. The van der Waals surface area contributed by atoms with Crippen molar-refractivity contribution in [2.24, 2.45) is 11.8 Å². The first-order chi connectivity index (χ1) is 9.61. The Balaban J connectivity index is 2.05. The number of aromatic nitrogens is 1. The lowest BCUT2D eigenvalue weighted by atomic mass is 9.89. The summed E-state index contributed by atoms with van der Waals surface area (Å²) < 4.78 is 0. The first-order valence-corrected chi connectivity index (χ1v) is 7.55. The maximum absolute atomic E-state index is 12.5. The van der Waals surface area contributed by atoms with Gasteiger partial charge in [-0.15, -0.1) is 0 Å². The van der Waals surface area contributed by atoms with Crippen LogP contribution in [0.2, 0.25) is 0 Å². The smallest absolute Gasteiger partial charge is 0.272 e. The maximum Gasteiger partial charge on any atom is 0.272 e. The first-order valence-electron chi connectivity index (χ1n) is 7.55. The fourth-order valence-corrected chi connectivity index (χ4v) is 2.86. The molecule has 1 saturated heterocycles. The van der Waals surface area contributed by atoms with Crippen LogP contribution in [0, 0.1) is 11.8 Å². The summed E-state index contributed by atoms with van der Waals surface area (Å²) in [7, 11) is 1.85. The molecule has 0 spiro atoms. The molecular formula is C16H25N3O. The molecule has 1 fully saturated rings. The molecule has 1 amide bonds. The van der Waals surface area contributed by atoms with E-state index < -0.39 is 0 Å². The van der Waals surface area contributed by atoms with Gasteiger partial charge < -0.3 is 10.2 Å². The third-order valence-electron chi connectivity index (χ3n) is 4.27. The molecule has 1 aromatic heterocycles. The number of hydrogen-bond donors (Lipinski definition) is 1. The quantitative estimate of drug-likeness (QED) is 0.922. The topological polar surface area (TPSA) is 45.2 Å². The second-order valence-corrected chi connectivity index (χ2v) is 5.91. The molecule has 110 valence electrons. The molecule has 0 bridgehead atoms. The minimum absolute atomic E-state index is 0.0616. The van der Waals surface area contributed by atoms with Crippen LogP contribution < -0.4 is 5.32 Å². The van der Waals surface area contributed by atoms with Gasteiger partial charge in [0.1, 0.15) is 5.69 Å². The van der Waals surface area contributed by atoms with Crippen LogP contribution in [-0.4, -0.2) is 35.9 Å². The molecule has 0 aromatic carbocycles. The zero-order chi connectivity index (χ0) is 14.5. The van der Waals surface area contributed by atoms with E-state index in [9.17, 15) is 4.79 Å². The molecule has 4 heteroatoms. The van der Waals surface area contributed by atoms with Gasteiger partial charge in [0.2, 0.25) is 0 Å². The molecule has 1 unspecified atom stereocenters. The second kappa shape index (κ2) is 6.73. The van der Waals surface area contributed by atoms with E-state index in [2.05, 4.69) is 24.1 Å². The predicted octanol–water partition coefficient (Wildman–Crippen LogP) is 3.02. The molecule has 1 aromatic rings. The molecule has 0 radical (unpaired) electrons. The highest BCUT2D eigenvalue weighted by molar-refractivity contribution is 5.93. The van der Waals surface area contributed by atoms with Gasteiger partial charge in [-0.05, 0) is 43.2 Å². The van der Waals surface area contributed by atoms with Crippen molar-refractivity contribution in [2.45, 2.75) is 33.1 Å². The summed E-state index contributed by atoms with van der Waals surface area (Å²) in [4.78, 5) is 18.7. The zero-order valence-corrected chi connectivity index (χ0v) is 12.7. The van der Waals surface area contributed by atoms with E-state index in [1.807, 2.05) is 24.1 Å². The zero-order valence-electron chi connectivity index (χ0n) is 12.7. The van der Waals surface area contributed by atoms with Gasteiger partial charge in [-0.3, -0.25) is 9.78 Å². The number of anilines is 1.